The van der Waals surface area contributed by atoms with E-state index >= 15 is 0 Å². The van der Waals surface area contributed by atoms with Crippen LogP contribution in [0.5, 0.6) is 0 Å². The second-order valence-corrected chi connectivity index (χ2v) is 8.78. The van der Waals surface area contributed by atoms with Crippen LogP contribution in [0.1, 0.15) is 30.4 Å². The summed E-state index contributed by atoms with van der Waals surface area (Å²) in [6.07, 6.45) is 10.3. The van der Waals surface area contributed by atoms with Crippen molar-refractivity contribution in [1.29, 1.82) is 0 Å². The number of aromatic nitrogens is 4. The Labute approximate surface area is 209 Å². The van der Waals surface area contributed by atoms with Gasteiger partial charge in [-0.1, -0.05) is 73.9 Å². The molecule has 4 N–H and O–H groups in total. The number of nitrogens with two attached hydrogens (primary N) is 1. The van der Waals surface area contributed by atoms with Gasteiger partial charge in [-0.05, 0) is 42.5 Å². The fourth-order valence-electron chi connectivity index (χ4n) is 4.29. The summed E-state index contributed by atoms with van der Waals surface area (Å²) in [7, 11) is 0. The molecule has 0 aliphatic heterocycles. The first-order valence-electron chi connectivity index (χ1n) is 11.7. The standard InChI is InChI=1S/C28H27N7O/c1-3-9-19(4-2)23-18-35-26(32-25(34-35)33-27(36)30-22-10-6-5-7-11-22)31-24(23)20-12-14-21(15-13-20)28(29)16-8-17-28/h3-7,9-15,18H,1-2,8,16-17,29H2,(H2,30,33,34,36)/b19-9+. The summed E-state index contributed by atoms with van der Waals surface area (Å²) < 4.78 is 1.54. The molecule has 0 unspecified atom stereocenters. The fraction of sp³-hybridized carbons (Fsp3) is 0.143. The van der Waals surface area contributed by atoms with Crippen molar-refractivity contribution in [2.75, 3.05) is 10.6 Å². The minimum Gasteiger partial charge on any atom is -0.321 e. The lowest BCUT2D eigenvalue weighted by Gasteiger charge is -2.38. The molecule has 2 amide bonds. The van der Waals surface area contributed by atoms with Gasteiger partial charge in [0.25, 0.3) is 11.7 Å². The van der Waals surface area contributed by atoms with Gasteiger partial charge in [-0.25, -0.2) is 14.3 Å². The van der Waals surface area contributed by atoms with Crippen LogP contribution < -0.4 is 16.4 Å². The molecule has 2 heterocycles. The van der Waals surface area contributed by atoms with Crippen molar-refractivity contribution < 1.29 is 4.79 Å². The van der Waals surface area contributed by atoms with Crippen molar-refractivity contribution in [3.63, 3.8) is 0 Å². The van der Waals surface area contributed by atoms with Crippen LogP contribution in [0.15, 0.2) is 92.2 Å². The SMILES string of the molecule is C=C/C=C(\C=C)c1cn2nc(NC(=O)Nc3ccccc3)nc2nc1-c1ccc(C2(N)CCC2)cc1. The summed E-state index contributed by atoms with van der Waals surface area (Å²) in [6, 6.07) is 16.9. The van der Waals surface area contributed by atoms with Crippen LogP contribution in [-0.4, -0.2) is 25.6 Å². The number of fused-ring (bicyclic) bond motifs is 1. The number of para-hydroxylation sites is 1. The predicted molar refractivity (Wildman–Crippen MR) is 143 cm³/mol. The second kappa shape index (κ2) is 9.59. The van der Waals surface area contributed by atoms with E-state index in [1.807, 2.05) is 42.6 Å². The summed E-state index contributed by atoms with van der Waals surface area (Å²) in [5.74, 6) is 0.487. The Hall–Kier alpha value is -4.56. The maximum atomic E-state index is 12.4. The molecule has 2 aromatic carbocycles. The normalized spacial score (nSPS) is 14.6. The largest absolute Gasteiger partial charge is 0.326 e. The fourth-order valence-corrected chi connectivity index (χ4v) is 4.29. The number of anilines is 2. The molecule has 8 nitrogen and oxygen atoms in total. The topological polar surface area (TPSA) is 110 Å². The predicted octanol–water partition coefficient (Wildman–Crippen LogP) is 5.53. The highest BCUT2D eigenvalue weighted by Crippen LogP contribution is 2.39. The number of hydrogen-bond acceptors (Lipinski definition) is 5. The Morgan fingerprint density at radius 1 is 1.03 bits per heavy atom. The van der Waals surface area contributed by atoms with Crippen LogP contribution in [0, 0.1) is 0 Å². The van der Waals surface area contributed by atoms with Gasteiger partial charge in [-0.15, -0.1) is 5.10 Å². The molecule has 8 heteroatoms. The van der Waals surface area contributed by atoms with Crippen LogP contribution >= 0.6 is 0 Å². The minimum atomic E-state index is -0.446. The van der Waals surface area contributed by atoms with Crippen molar-refractivity contribution in [2.24, 2.45) is 5.73 Å². The van der Waals surface area contributed by atoms with Crippen molar-refractivity contribution in [3.8, 4) is 11.3 Å². The zero-order valence-corrected chi connectivity index (χ0v) is 19.8. The Balaban J connectivity index is 1.50. The summed E-state index contributed by atoms with van der Waals surface area (Å²) >= 11 is 0. The number of hydrogen-bond donors (Lipinski definition) is 3. The van der Waals surface area contributed by atoms with Crippen LogP contribution in [0.4, 0.5) is 16.4 Å². The third kappa shape index (κ3) is 4.54. The molecule has 1 aliphatic rings. The van der Waals surface area contributed by atoms with Crippen molar-refractivity contribution in [1.82, 2.24) is 19.6 Å². The van der Waals surface area contributed by atoms with Crippen LogP contribution in [-0.2, 0) is 5.54 Å². The molecule has 0 spiro atoms. The van der Waals surface area contributed by atoms with Gasteiger partial charge in [-0.3, -0.25) is 5.32 Å². The van der Waals surface area contributed by atoms with Gasteiger partial charge in [0.1, 0.15) is 0 Å². The Kier molecular flexibility index (Phi) is 6.18. The Morgan fingerprint density at radius 2 is 1.78 bits per heavy atom. The highest BCUT2D eigenvalue weighted by molar-refractivity contribution is 5.98. The highest BCUT2D eigenvalue weighted by Gasteiger charge is 2.34. The molecule has 1 fully saturated rings. The molecule has 36 heavy (non-hydrogen) atoms. The maximum Gasteiger partial charge on any atom is 0.326 e. The molecular weight excluding hydrogens is 450 g/mol. The van der Waals surface area contributed by atoms with Crippen molar-refractivity contribution >= 4 is 29.0 Å². The third-order valence-electron chi connectivity index (χ3n) is 6.40. The molecule has 5 rings (SSSR count). The molecular formula is C28H27N7O. The lowest BCUT2D eigenvalue weighted by molar-refractivity contribution is 0.253. The number of carbonyl (C=O) groups is 1. The van der Waals surface area contributed by atoms with Crippen LogP contribution in [0.3, 0.4) is 0 Å². The van der Waals surface area contributed by atoms with Crippen LogP contribution in [0.25, 0.3) is 22.6 Å². The highest BCUT2D eigenvalue weighted by atomic mass is 16.2. The average molecular weight is 478 g/mol. The first-order chi connectivity index (χ1) is 17.5. The van der Waals surface area contributed by atoms with Gasteiger partial charge in [0.2, 0.25) is 0 Å². The van der Waals surface area contributed by atoms with Crippen LogP contribution in [0.2, 0.25) is 0 Å². The van der Waals surface area contributed by atoms with E-state index in [4.69, 9.17) is 10.7 Å². The zero-order valence-electron chi connectivity index (χ0n) is 19.8. The first kappa shape index (κ1) is 23.2. The number of allylic oxidation sites excluding steroid dienone is 4. The molecule has 0 radical (unpaired) electrons. The molecule has 1 aliphatic carbocycles. The lowest BCUT2D eigenvalue weighted by atomic mass is 9.72. The number of amides is 2. The Bertz CT molecular complexity index is 1470. The summed E-state index contributed by atoms with van der Waals surface area (Å²) in [6.45, 7) is 7.77. The van der Waals surface area contributed by atoms with Gasteiger partial charge in [0.15, 0.2) is 0 Å². The molecule has 0 saturated heterocycles. The van der Waals surface area contributed by atoms with Gasteiger partial charge >= 0.3 is 6.03 Å². The quantitative estimate of drug-likeness (QED) is 0.303. The summed E-state index contributed by atoms with van der Waals surface area (Å²) in [4.78, 5) is 21.6. The van der Waals surface area contributed by atoms with E-state index in [-0.39, 0.29) is 11.5 Å². The van der Waals surface area contributed by atoms with Gasteiger partial charge in [-0.2, -0.15) is 4.98 Å². The van der Waals surface area contributed by atoms with E-state index in [1.54, 1.807) is 24.3 Å². The molecule has 180 valence electrons. The first-order valence-corrected chi connectivity index (χ1v) is 11.7. The minimum absolute atomic E-state index is 0.136. The number of nitrogens with zero attached hydrogens (tertiary/aromatic N) is 4. The Morgan fingerprint density at radius 3 is 2.42 bits per heavy atom. The van der Waals surface area contributed by atoms with Crippen molar-refractivity contribution in [3.05, 3.63) is 103 Å². The number of nitrogens with one attached hydrogen (secondary N) is 2. The smallest absolute Gasteiger partial charge is 0.321 e. The van der Waals surface area contributed by atoms with Gasteiger partial charge < -0.3 is 11.1 Å². The molecule has 4 aromatic rings. The number of carbonyl (C=O) groups excluding carboxylic acids is 1. The second-order valence-electron chi connectivity index (χ2n) is 8.78. The van der Waals surface area contributed by atoms with E-state index in [0.717, 1.165) is 47.2 Å². The van der Waals surface area contributed by atoms with Gasteiger partial charge in [0, 0.05) is 28.6 Å². The monoisotopic (exact) mass is 477 g/mol. The summed E-state index contributed by atoms with van der Waals surface area (Å²) in [5.41, 5.74) is 11.3. The molecule has 1 saturated carbocycles. The number of urea groups is 1. The molecule has 0 atom stereocenters. The average Bonchev–Trinajstić information content (AvgIpc) is 3.26. The molecule has 0 bridgehead atoms. The van der Waals surface area contributed by atoms with Gasteiger partial charge in [0.05, 0.1) is 5.69 Å². The summed E-state index contributed by atoms with van der Waals surface area (Å²) in [5, 5.41) is 9.82. The van der Waals surface area contributed by atoms with E-state index in [9.17, 15) is 4.79 Å². The van der Waals surface area contributed by atoms with Crippen molar-refractivity contribution in [2.45, 2.75) is 24.8 Å². The zero-order chi connectivity index (χ0) is 25.1. The third-order valence-corrected chi connectivity index (χ3v) is 6.40. The van der Waals surface area contributed by atoms with E-state index in [0.29, 0.717) is 11.5 Å². The van der Waals surface area contributed by atoms with E-state index < -0.39 is 6.03 Å². The number of benzene rings is 2. The number of rotatable bonds is 7. The lowest BCUT2D eigenvalue weighted by Crippen LogP contribution is -2.43. The maximum absolute atomic E-state index is 12.4. The molecule has 2 aromatic heterocycles. The van der Waals surface area contributed by atoms with E-state index in [1.165, 1.54) is 4.52 Å². The van der Waals surface area contributed by atoms with E-state index in [2.05, 4.69) is 46.0 Å².